The molecule has 112 valence electrons. The van der Waals surface area contributed by atoms with E-state index in [9.17, 15) is 4.79 Å². The van der Waals surface area contributed by atoms with Gasteiger partial charge in [0.15, 0.2) is 12.4 Å². The molecule has 0 atom stereocenters. The summed E-state index contributed by atoms with van der Waals surface area (Å²) in [6, 6.07) is 7.03. The van der Waals surface area contributed by atoms with Crippen LogP contribution >= 0.6 is 11.6 Å². The normalized spacial score (nSPS) is 10.9. The average molecular weight is 318 g/mol. The Morgan fingerprint density at radius 1 is 1.27 bits per heavy atom. The number of aromatic nitrogens is 3. The zero-order valence-electron chi connectivity index (χ0n) is 12.0. The van der Waals surface area contributed by atoms with Crippen molar-refractivity contribution in [2.45, 2.75) is 20.5 Å². The maximum absolute atomic E-state index is 12.2. The van der Waals surface area contributed by atoms with Crippen molar-refractivity contribution < 1.29 is 14.1 Å². The summed E-state index contributed by atoms with van der Waals surface area (Å²) in [5.41, 5.74) is 1.73. The Morgan fingerprint density at radius 3 is 2.82 bits per heavy atom. The molecule has 0 N–H and O–H groups in total. The van der Waals surface area contributed by atoms with E-state index >= 15 is 0 Å². The molecule has 3 rings (SSSR count). The molecule has 0 bridgehead atoms. The van der Waals surface area contributed by atoms with Crippen molar-refractivity contribution in [1.82, 2.24) is 15.1 Å². The number of aryl methyl sites for hydroxylation is 2. The first-order valence-corrected chi connectivity index (χ1v) is 6.94. The molecule has 0 saturated heterocycles. The van der Waals surface area contributed by atoms with Gasteiger partial charge in [-0.15, -0.1) is 0 Å². The van der Waals surface area contributed by atoms with Crippen LogP contribution in [0.4, 0.5) is 0 Å². The first-order valence-electron chi connectivity index (χ1n) is 6.56. The number of carbonyl (C=O) groups is 1. The third-order valence-electron chi connectivity index (χ3n) is 3.08. The van der Waals surface area contributed by atoms with Gasteiger partial charge in [-0.1, -0.05) is 16.8 Å². The number of pyridine rings is 1. The van der Waals surface area contributed by atoms with Crippen molar-refractivity contribution in [1.29, 1.82) is 0 Å². The number of benzene rings is 1. The van der Waals surface area contributed by atoms with Gasteiger partial charge in [-0.25, -0.2) is 4.79 Å². The Kier molecular flexibility index (Phi) is 3.77. The summed E-state index contributed by atoms with van der Waals surface area (Å²) in [6.45, 7) is 3.37. The van der Waals surface area contributed by atoms with Gasteiger partial charge in [-0.2, -0.15) is 4.98 Å². The fourth-order valence-electron chi connectivity index (χ4n) is 2.05. The van der Waals surface area contributed by atoms with Crippen molar-refractivity contribution in [2.24, 2.45) is 0 Å². The highest BCUT2D eigenvalue weighted by molar-refractivity contribution is 6.31. The molecule has 0 radical (unpaired) electrons. The summed E-state index contributed by atoms with van der Waals surface area (Å²) in [5.74, 6) is 0.243. The zero-order valence-corrected chi connectivity index (χ0v) is 12.7. The van der Waals surface area contributed by atoms with E-state index < -0.39 is 5.97 Å². The standard InChI is InChI=1S/C15H12ClN3O3/c1-8-12(6-10-5-11(16)3-4-13(10)17-8)15(20)21-7-14-18-9(2)19-22-14/h3-6H,7H2,1-2H3. The van der Waals surface area contributed by atoms with Gasteiger partial charge in [-0.3, -0.25) is 4.98 Å². The summed E-state index contributed by atoms with van der Waals surface area (Å²) < 4.78 is 10.1. The molecule has 0 aliphatic rings. The number of carbonyl (C=O) groups excluding carboxylic acids is 1. The van der Waals surface area contributed by atoms with Crippen LogP contribution < -0.4 is 0 Å². The second-order valence-electron chi connectivity index (χ2n) is 4.77. The van der Waals surface area contributed by atoms with Crippen molar-refractivity contribution >= 4 is 28.5 Å². The summed E-state index contributed by atoms with van der Waals surface area (Å²) >= 11 is 5.96. The highest BCUT2D eigenvalue weighted by atomic mass is 35.5. The highest BCUT2D eigenvalue weighted by Gasteiger charge is 2.15. The van der Waals surface area contributed by atoms with E-state index in [2.05, 4.69) is 15.1 Å². The molecule has 7 heteroatoms. The molecule has 0 fully saturated rings. The summed E-state index contributed by atoms with van der Waals surface area (Å²) in [6.07, 6.45) is 0. The van der Waals surface area contributed by atoms with Crippen LogP contribution in [0.2, 0.25) is 5.02 Å². The van der Waals surface area contributed by atoms with E-state index in [-0.39, 0.29) is 12.5 Å². The topological polar surface area (TPSA) is 78.1 Å². The molecule has 0 unspecified atom stereocenters. The van der Waals surface area contributed by atoms with Gasteiger partial charge in [0, 0.05) is 10.4 Å². The van der Waals surface area contributed by atoms with Crippen molar-refractivity contribution in [3.8, 4) is 0 Å². The minimum absolute atomic E-state index is 0.0767. The lowest BCUT2D eigenvalue weighted by atomic mass is 10.1. The van der Waals surface area contributed by atoms with Gasteiger partial charge in [-0.05, 0) is 38.1 Å². The average Bonchev–Trinajstić information content (AvgIpc) is 2.90. The number of hydrogen-bond acceptors (Lipinski definition) is 6. The zero-order chi connectivity index (χ0) is 15.7. The summed E-state index contributed by atoms with van der Waals surface area (Å²) in [5, 5.41) is 4.99. The maximum Gasteiger partial charge on any atom is 0.340 e. The van der Waals surface area contributed by atoms with Crippen LogP contribution in [0.25, 0.3) is 10.9 Å². The molecular formula is C15H12ClN3O3. The Labute approximate surface area is 131 Å². The second kappa shape index (κ2) is 5.73. The second-order valence-corrected chi connectivity index (χ2v) is 5.21. The number of halogens is 1. The molecule has 2 aromatic heterocycles. The predicted octanol–water partition coefficient (Wildman–Crippen LogP) is 3.25. The molecule has 0 amide bonds. The Bertz CT molecular complexity index is 860. The summed E-state index contributed by atoms with van der Waals surface area (Å²) in [7, 11) is 0. The van der Waals surface area contributed by atoms with E-state index in [1.807, 2.05) is 0 Å². The van der Waals surface area contributed by atoms with E-state index in [0.29, 0.717) is 22.1 Å². The van der Waals surface area contributed by atoms with E-state index in [1.54, 1.807) is 38.1 Å². The fraction of sp³-hybridized carbons (Fsp3) is 0.200. The third kappa shape index (κ3) is 2.92. The first kappa shape index (κ1) is 14.5. The third-order valence-corrected chi connectivity index (χ3v) is 3.32. The van der Waals surface area contributed by atoms with Gasteiger partial charge in [0.1, 0.15) is 0 Å². The quantitative estimate of drug-likeness (QED) is 0.690. The first-order chi connectivity index (χ1) is 10.5. The van der Waals surface area contributed by atoms with Crippen molar-refractivity contribution in [3.63, 3.8) is 0 Å². The van der Waals surface area contributed by atoms with Crippen LogP contribution in [0.5, 0.6) is 0 Å². The van der Waals surface area contributed by atoms with Crippen molar-refractivity contribution in [2.75, 3.05) is 0 Å². The largest absolute Gasteiger partial charge is 0.452 e. The summed E-state index contributed by atoms with van der Waals surface area (Å²) in [4.78, 5) is 20.5. The number of rotatable bonds is 3. The smallest absolute Gasteiger partial charge is 0.340 e. The van der Waals surface area contributed by atoms with Gasteiger partial charge < -0.3 is 9.26 Å². The van der Waals surface area contributed by atoms with Crippen molar-refractivity contribution in [3.05, 3.63) is 52.3 Å². The van der Waals surface area contributed by atoms with Crippen LogP contribution in [-0.4, -0.2) is 21.1 Å². The maximum atomic E-state index is 12.2. The van der Waals surface area contributed by atoms with E-state index in [4.69, 9.17) is 20.9 Å². The number of hydrogen-bond donors (Lipinski definition) is 0. The minimum atomic E-state index is -0.497. The number of fused-ring (bicyclic) bond motifs is 1. The molecular weight excluding hydrogens is 306 g/mol. The Balaban J connectivity index is 1.85. The number of ether oxygens (including phenoxy) is 1. The molecule has 2 heterocycles. The van der Waals surface area contributed by atoms with Crippen LogP contribution in [-0.2, 0) is 11.3 Å². The Hall–Kier alpha value is -2.47. The predicted molar refractivity (Wildman–Crippen MR) is 79.6 cm³/mol. The van der Waals surface area contributed by atoms with E-state index in [0.717, 1.165) is 10.9 Å². The lowest BCUT2D eigenvalue weighted by molar-refractivity contribution is 0.0428. The number of esters is 1. The molecule has 0 spiro atoms. The minimum Gasteiger partial charge on any atom is -0.452 e. The van der Waals surface area contributed by atoms with E-state index in [1.165, 1.54) is 0 Å². The number of nitrogens with zero attached hydrogens (tertiary/aromatic N) is 3. The molecule has 0 saturated carbocycles. The van der Waals surface area contributed by atoms with Crippen LogP contribution in [0.1, 0.15) is 27.8 Å². The van der Waals surface area contributed by atoms with Gasteiger partial charge in [0.05, 0.1) is 16.8 Å². The lowest BCUT2D eigenvalue weighted by Gasteiger charge is -2.07. The molecule has 22 heavy (non-hydrogen) atoms. The van der Waals surface area contributed by atoms with Gasteiger partial charge >= 0.3 is 5.97 Å². The van der Waals surface area contributed by atoms with Crippen LogP contribution in [0.15, 0.2) is 28.8 Å². The molecule has 3 aromatic rings. The molecule has 1 aromatic carbocycles. The van der Waals surface area contributed by atoms with Crippen LogP contribution in [0.3, 0.4) is 0 Å². The SMILES string of the molecule is Cc1noc(COC(=O)c2cc3cc(Cl)ccc3nc2C)n1. The molecule has 0 aliphatic carbocycles. The monoisotopic (exact) mass is 317 g/mol. The Morgan fingerprint density at radius 2 is 2.09 bits per heavy atom. The molecule has 0 aliphatic heterocycles. The highest BCUT2D eigenvalue weighted by Crippen LogP contribution is 2.21. The fourth-order valence-corrected chi connectivity index (χ4v) is 2.23. The van der Waals surface area contributed by atoms with Gasteiger partial charge in [0.2, 0.25) is 0 Å². The van der Waals surface area contributed by atoms with Gasteiger partial charge in [0.25, 0.3) is 5.89 Å². The van der Waals surface area contributed by atoms with Crippen LogP contribution in [0, 0.1) is 13.8 Å². The lowest BCUT2D eigenvalue weighted by Crippen LogP contribution is -2.08. The molecule has 6 nitrogen and oxygen atoms in total.